The number of nitrogens with one attached hydrogen (secondary N) is 2. The standard InChI is InChI=1S/C28H38N6O6/c1-16(2)25-27(37)29-13-24(36)40-26(18(4)17(3)12-23(35)30-19(5)28(38)33(25)6)22-15-34(32-31-22)14-20-8-10-21(39-7)11-9-20/h8-11,15-16,18-19,25-26H,3,12-14H2,1-2,4-7H3,(H,29,37)(H,30,35)/t18-,19+,25+,26?/m1/s1. The van der Waals surface area contributed by atoms with Crippen LogP contribution in [-0.4, -0.2) is 76.4 Å². The minimum absolute atomic E-state index is 0.0959. The molecule has 2 aromatic rings. The van der Waals surface area contributed by atoms with Gasteiger partial charge in [0.05, 0.1) is 19.9 Å². The van der Waals surface area contributed by atoms with Crippen LogP contribution in [0.5, 0.6) is 5.75 Å². The Kier molecular flexibility index (Phi) is 10.0. The Morgan fingerprint density at radius 3 is 2.45 bits per heavy atom. The van der Waals surface area contributed by atoms with Gasteiger partial charge in [0.2, 0.25) is 17.7 Å². The van der Waals surface area contributed by atoms with Gasteiger partial charge in [-0.15, -0.1) is 5.10 Å². The van der Waals surface area contributed by atoms with E-state index in [2.05, 4.69) is 27.5 Å². The molecule has 216 valence electrons. The van der Waals surface area contributed by atoms with Crippen LogP contribution in [0.1, 0.15) is 51.5 Å². The first-order valence-corrected chi connectivity index (χ1v) is 13.1. The van der Waals surface area contributed by atoms with Gasteiger partial charge < -0.3 is 25.0 Å². The molecule has 40 heavy (non-hydrogen) atoms. The molecule has 2 heterocycles. The molecule has 0 bridgehead atoms. The molecule has 2 N–H and O–H groups in total. The lowest BCUT2D eigenvalue weighted by Gasteiger charge is -2.32. The zero-order valence-corrected chi connectivity index (χ0v) is 23.8. The van der Waals surface area contributed by atoms with Crippen molar-refractivity contribution in [2.45, 2.75) is 58.8 Å². The lowest BCUT2D eigenvalue weighted by Crippen LogP contribution is -2.55. The third-order valence-corrected chi connectivity index (χ3v) is 6.92. The molecule has 1 aromatic heterocycles. The molecule has 0 saturated carbocycles. The lowest BCUT2D eigenvalue weighted by molar-refractivity contribution is -0.152. The van der Waals surface area contributed by atoms with Crippen LogP contribution in [0.2, 0.25) is 0 Å². The molecule has 0 radical (unpaired) electrons. The molecule has 1 saturated heterocycles. The Balaban J connectivity index is 1.87. The SMILES string of the molecule is C=C1CC(=O)N[C@@H](C)C(=O)N(C)[C@@H](C(C)C)C(=O)NCC(=O)OC(c2cn(Cc3ccc(OC)cc3)nn2)[C@@H]1C. The molecule has 1 aromatic carbocycles. The molecular weight excluding hydrogens is 516 g/mol. The number of carbonyl (C=O) groups is 4. The van der Waals surface area contributed by atoms with Gasteiger partial charge in [0, 0.05) is 19.4 Å². The maximum absolute atomic E-state index is 13.0. The van der Waals surface area contributed by atoms with Crippen LogP contribution in [0.25, 0.3) is 0 Å². The summed E-state index contributed by atoms with van der Waals surface area (Å²) >= 11 is 0. The lowest BCUT2D eigenvalue weighted by atomic mass is 9.92. The maximum Gasteiger partial charge on any atom is 0.326 e. The Morgan fingerprint density at radius 1 is 1.15 bits per heavy atom. The first-order chi connectivity index (χ1) is 18.9. The van der Waals surface area contributed by atoms with E-state index in [0.29, 0.717) is 17.8 Å². The van der Waals surface area contributed by atoms with Gasteiger partial charge >= 0.3 is 5.97 Å². The fraction of sp³-hybridized carbons (Fsp3) is 0.500. The highest BCUT2D eigenvalue weighted by Gasteiger charge is 2.34. The fourth-order valence-electron chi connectivity index (χ4n) is 4.61. The van der Waals surface area contributed by atoms with Crippen molar-refractivity contribution in [1.29, 1.82) is 0 Å². The summed E-state index contributed by atoms with van der Waals surface area (Å²) in [5.74, 6) is -2.10. The van der Waals surface area contributed by atoms with Crippen LogP contribution in [0.4, 0.5) is 0 Å². The van der Waals surface area contributed by atoms with Gasteiger partial charge in [0.25, 0.3) is 0 Å². The molecule has 0 aliphatic carbocycles. The van der Waals surface area contributed by atoms with Crippen LogP contribution < -0.4 is 15.4 Å². The second-order valence-corrected chi connectivity index (χ2v) is 10.4. The Bertz CT molecular complexity index is 1240. The first kappa shape index (κ1) is 30.3. The number of methoxy groups -OCH3 is 1. The highest BCUT2D eigenvalue weighted by atomic mass is 16.5. The summed E-state index contributed by atoms with van der Waals surface area (Å²) in [6.07, 6.45) is 0.659. The van der Waals surface area contributed by atoms with Crippen molar-refractivity contribution in [3.63, 3.8) is 0 Å². The number of ether oxygens (including phenoxy) is 2. The number of nitrogens with zero attached hydrogens (tertiary/aromatic N) is 4. The van der Waals surface area contributed by atoms with E-state index in [0.717, 1.165) is 11.3 Å². The zero-order chi connectivity index (χ0) is 29.6. The summed E-state index contributed by atoms with van der Waals surface area (Å²) in [7, 11) is 3.09. The average molecular weight is 555 g/mol. The molecule has 1 aliphatic heterocycles. The van der Waals surface area contributed by atoms with E-state index < -0.39 is 54.3 Å². The Morgan fingerprint density at radius 2 is 1.82 bits per heavy atom. The number of rotatable bonds is 5. The molecule has 4 atom stereocenters. The number of cyclic esters (lactones) is 1. The number of benzene rings is 1. The van der Waals surface area contributed by atoms with Gasteiger partial charge in [0.15, 0.2) is 6.10 Å². The number of hydrogen-bond acceptors (Lipinski definition) is 8. The molecule has 12 heteroatoms. The van der Waals surface area contributed by atoms with Crippen molar-refractivity contribution in [2.75, 3.05) is 20.7 Å². The highest BCUT2D eigenvalue weighted by Crippen LogP contribution is 2.31. The fourth-order valence-corrected chi connectivity index (χ4v) is 4.61. The van der Waals surface area contributed by atoms with Crippen LogP contribution >= 0.6 is 0 Å². The summed E-state index contributed by atoms with van der Waals surface area (Å²) < 4.78 is 12.6. The van der Waals surface area contributed by atoms with Gasteiger partial charge in [-0.1, -0.05) is 50.3 Å². The highest BCUT2D eigenvalue weighted by molar-refractivity contribution is 5.93. The minimum Gasteiger partial charge on any atom is -0.497 e. The van der Waals surface area contributed by atoms with E-state index in [1.165, 1.54) is 11.9 Å². The van der Waals surface area contributed by atoms with Crippen molar-refractivity contribution in [3.8, 4) is 5.75 Å². The molecule has 3 rings (SSSR count). The quantitative estimate of drug-likeness (QED) is 0.419. The van der Waals surface area contributed by atoms with E-state index in [1.807, 2.05) is 24.3 Å². The van der Waals surface area contributed by atoms with Gasteiger partial charge in [0.1, 0.15) is 30.1 Å². The Labute approximate surface area is 234 Å². The monoisotopic (exact) mass is 554 g/mol. The first-order valence-electron chi connectivity index (χ1n) is 13.1. The summed E-state index contributed by atoms with van der Waals surface area (Å²) in [6, 6.07) is 5.78. The van der Waals surface area contributed by atoms with Crippen molar-refractivity contribution in [3.05, 3.63) is 53.9 Å². The zero-order valence-electron chi connectivity index (χ0n) is 23.8. The van der Waals surface area contributed by atoms with Gasteiger partial charge in [-0.3, -0.25) is 19.2 Å². The third kappa shape index (κ3) is 7.45. The number of esters is 1. The molecule has 1 aliphatic rings. The van der Waals surface area contributed by atoms with Gasteiger partial charge in [-0.05, 0) is 30.5 Å². The van der Waals surface area contributed by atoms with Crippen LogP contribution in [-0.2, 0) is 30.5 Å². The molecule has 1 unspecified atom stereocenters. The second-order valence-electron chi connectivity index (χ2n) is 10.4. The van der Waals surface area contributed by atoms with E-state index in [4.69, 9.17) is 9.47 Å². The van der Waals surface area contributed by atoms with Crippen molar-refractivity contribution >= 4 is 23.7 Å². The van der Waals surface area contributed by atoms with Gasteiger partial charge in [-0.2, -0.15) is 0 Å². The summed E-state index contributed by atoms with van der Waals surface area (Å²) in [5, 5.41) is 13.7. The topological polar surface area (TPSA) is 145 Å². The number of likely N-dealkylation sites (N-methyl/N-ethyl adjacent to an activating group) is 1. The molecule has 0 spiro atoms. The number of aromatic nitrogens is 3. The van der Waals surface area contributed by atoms with Crippen LogP contribution in [0.3, 0.4) is 0 Å². The predicted molar refractivity (Wildman–Crippen MR) is 146 cm³/mol. The van der Waals surface area contributed by atoms with Crippen LogP contribution in [0, 0.1) is 11.8 Å². The Hall–Kier alpha value is -4.22. The largest absolute Gasteiger partial charge is 0.497 e. The summed E-state index contributed by atoms with van der Waals surface area (Å²) in [5.41, 5.74) is 1.81. The summed E-state index contributed by atoms with van der Waals surface area (Å²) in [4.78, 5) is 53.0. The minimum atomic E-state index is -0.915. The molecule has 12 nitrogen and oxygen atoms in total. The predicted octanol–water partition coefficient (Wildman–Crippen LogP) is 1.62. The van der Waals surface area contributed by atoms with E-state index >= 15 is 0 Å². The van der Waals surface area contributed by atoms with E-state index in [9.17, 15) is 19.2 Å². The molecule has 3 amide bonds. The number of carbonyl (C=O) groups excluding carboxylic acids is 4. The smallest absolute Gasteiger partial charge is 0.326 e. The third-order valence-electron chi connectivity index (χ3n) is 6.92. The number of hydrogen-bond donors (Lipinski definition) is 2. The average Bonchev–Trinajstić information content (AvgIpc) is 3.37. The molecule has 1 fully saturated rings. The van der Waals surface area contributed by atoms with E-state index in [-0.39, 0.29) is 12.3 Å². The van der Waals surface area contributed by atoms with Crippen molar-refractivity contribution in [1.82, 2.24) is 30.5 Å². The van der Waals surface area contributed by atoms with Crippen molar-refractivity contribution in [2.24, 2.45) is 11.8 Å². The van der Waals surface area contributed by atoms with Gasteiger partial charge in [-0.25, -0.2) is 4.68 Å². The molecular formula is C28H38N6O6. The second kappa shape index (κ2) is 13.2. The number of amides is 3. The maximum atomic E-state index is 13.0. The summed E-state index contributed by atoms with van der Waals surface area (Å²) in [6.45, 7) is 11.0. The van der Waals surface area contributed by atoms with Crippen molar-refractivity contribution < 1.29 is 28.7 Å². The normalized spacial score (nSPS) is 23.7. The van der Waals surface area contributed by atoms with E-state index in [1.54, 1.807) is 45.7 Å². The van der Waals surface area contributed by atoms with Crippen LogP contribution in [0.15, 0.2) is 42.6 Å².